The van der Waals surface area contributed by atoms with Gasteiger partial charge >= 0.3 is 0 Å². The second kappa shape index (κ2) is 10.5. The molecule has 0 bridgehead atoms. The number of carbonyl (C=O) groups is 2. The lowest BCUT2D eigenvalue weighted by Gasteiger charge is -2.26. The maximum Gasteiger partial charge on any atom is 0.295 e. The number of hydrogen-bond donors (Lipinski definition) is 1. The second-order valence-corrected chi connectivity index (χ2v) is 8.63. The molecule has 1 aromatic heterocycles. The van der Waals surface area contributed by atoms with Gasteiger partial charge in [-0.3, -0.25) is 14.6 Å². The van der Waals surface area contributed by atoms with E-state index in [2.05, 4.69) is 4.98 Å². The Hall–Kier alpha value is -3.75. The number of benzene rings is 2. The molecule has 1 amide bonds. The lowest BCUT2D eigenvalue weighted by molar-refractivity contribution is -0.140. The first kappa shape index (κ1) is 25.3. The smallest absolute Gasteiger partial charge is 0.295 e. The Morgan fingerprint density at radius 1 is 0.972 bits per heavy atom. The van der Waals surface area contributed by atoms with Crippen molar-refractivity contribution in [3.63, 3.8) is 0 Å². The number of ether oxygens (including phenoxy) is 3. The lowest BCUT2D eigenvalue weighted by Crippen LogP contribution is -2.29. The van der Waals surface area contributed by atoms with Gasteiger partial charge in [0.2, 0.25) is 0 Å². The quantitative estimate of drug-likeness (QED) is 0.260. The topological polar surface area (TPSA) is 98.2 Å². The maximum atomic E-state index is 13.3. The highest BCUT2D eigenvalue weighted by Crippen LogP contribution is 2.47. The van der Waals surface area contributed by atoms with Gasteiger partial charge in [-0.2, -0.15) is 0 Å². The van der Waals surface area contributed by atoms with Crippen LogP contribution in [0.3, 0.4) is 0 Å². The molecule has 1 saturated heterocycles. The number of nitrogens with zero attached hydrogens (tertiary/aromatic N) is 2. The Labute approximate surface area is 217 Å². The van der Waals surface area contributed by atoms with Crippen molar-refractivity contribution >= 4 is 40.7 Å². The van der Waals surface area contributed by atoms with Gasteiger partial charge in [0.1, 0.15) is 16.5 Å². The van der Waals surface area contributed by atoms with E-state index in [1.54, 1.807) is 48.8 Å². The van der Waals surface area contributed by atoms with Gasteiger partial charge in [0.25, 0.3) is 11.7 Å². The fraction of sp³-hybridized carbons (Fsp3) is 0.192. The highest BCUT2D eigenvalue weighted by atomic mass is 35.5. The van der Waals surface area contributed by atoms with Crippen LogP contribution in [0.25, 0.3) is 5.76 Å². The molecule has 1 aliphatic rings. The van der Waals surface area contributed by atoms with E-state index < -0.39 is 23.5 Å². The van der Waals surface area contributed by atoms with E-state index in [1.807, 2.05) is 0 Å². The standard InChI is InChI=1S/C26H22Cl2N2O6/c1-34-16-6-4-15(5-7-16)21-19(23(32)26(33)30(21)13-14-8-10-29-11-9-14)22(31)17-12-18(27)25(36-3)20(28)24(17)35-2/h4-12,21,31H,13H2,1-3H3/b22-19+. The van der Waals surface area contributed by atoms with Crippen LogP contribution >= 0.6 is 23.2 Å². The zero-order chi connectivity index (χ0) is 26.0. The number of aromatic nitrogens is 1. The van der Waals surface area contributed by atoms with Crippen LogP contribution in [-0.2, 0) is 16.1 Å². The van der Waals surface area contributed by atoms with Crippen molar-refractivity contribution in [2.24, 2.45) is 0 Å². The van der Waals surface area contributed by atoms with E-state index in [1.165, 1.54) is 32.3 Å². The molecule has 36 heavy (non-hydrogen) atoms. The number of aliphatic hydroxyl groups excluding tert-OH is 1. The summed E-state index contributed by atoms with van der Waals surface area (Å²) in [6.07, 6.45) is 3.20. The molecule has 0 aliphatic carbocycles. The van der Waals surface area contributed by atoms with Crippen LogP contribution in [0, 0.1) is 0 Å². The van der Waals surface area contributed by atoms with Crippen molar-refractivity contribution in [2.75, 3.05) is 21.3 Å². The van der Waals surface area contributed by atoms with Crippen LogP contribution in [0.2, 0.25) is 10.0 Å². The maximum absolute atomic E-state index is 13.3. The van der Waals surface area contributed by atoms with E-state index in [0.717, 1.165) is 5.56 Å². The van der Waals surface area contributed by atoms with E-state index in [9.17, 15) is 14.7 Å². The van der Waals surface area contributed by atoms with Crippen LogP contribution in [-0.4, -0.2) is 48.0 Å². The second-order valence-electron chi connectivity index (χ2n) is 7.84. The molecule has 0 saturated carbocycles. The summed E-state index contributed by atoms with van der Waals surface area (Å²) in [5.74, 6) is -1.30. The van der Waals surface area contributed by atoms with Gasteiger partial charge in [0, 0.05) is 18.9 Å². The summed E-state index contributed by atoms with van der Waals surface area (Å²) in [7, 11) is 4.28. The van der Waals surface area contributed by atoms with Crippen LogP contribution in [0.4, 0.5) is 0 Å². The Kier molecular flexibility index (Phi) is 7.37. The highest BCUT2D eigenvalue weighted by Gasteiger charge is 2.46. The molecule has 8 nitrogen and oxygen atoms in total. The predicted molar refractivity (Wildman–Crippen MR) is 135 cm³/mol. The minimum atomic E-state index is -0.909. The number of amides is 1. The third-order valence-corrected chi connectivity index (χ3v) is 6.49. The molecule has 1 aliphatic heterocycles. The molecular formula is C26H22Cl2N2O6. The zero-order valence-electron chi connectivity index (χ0n) is 19.6. The van der Waals surface area contributed by atoms with Gasteiger partial charge < -0.3 is 24.2 Å². The van der Waals surface area contributed by atoms with Crippen molar-refractivity contribution < 1.29 is 28.9 Å². The van der Waals surface area contributed by atoms with Crippen molar-refractivity contribution in [3.05, 3.63) is 87.2 Å². The first-order valence-electron chi connectivity index (χ1n) is 10.7. The van der Waals surface area contributed by atoms with Crippen LogP contribution < -0.4 is 14.2 Å². The fourth-order valence-electron chi connectivity index (χ4n) is 4.15. The molecule has 2 heterocycles. The molecule has 1 fully saturated rings. The van der Waals surface area contributed by atoms with Gasteiger partial charge in [0.05, 0.1) is 43.5 Å². The van der Waals surface area contributed by atoms with E-state index in [-0.39, 0.29) is 39.2 Å². The SMILES string of the molecule is COc1ccc(C2/C(=C(\O)c3cc(Cl)c(OC)c(Cl)c3OC)C(=O)C(=O)N2Cc2ccncc2)cc1. The Morgan fingerprint density at radius 3 is 2.19 bits per heavy atom. The van der Waals surface area contributed by atoms with E-state index >= 15 is 0 Å². The Morgan fingerprint density at radius 2 is 1.61 bits per heavy atom. The summed E-state index contributed by atoms with van der Waals surface area (Å²) < 4.78 is 15.9. The molecule has 1 N–H and O–H groups in total. The molecule has 0 spiro atoms. The molecule has 2 aromatic carbocycles. The molecular weight excluding hydrogens is 507 g/mol. The number of pyridine rings is 1. The third kappa shape index (κ3) is 4.45. The molecule has 1 atom stereocenters. The lowest BCUT2D eigenvalue weighted by atomic mass is 9.94. The normalized spacial score (nSPS) is 16.8. The molecule has 10 heteroatoms. The van der Waals surface area contributed by atoms with Crippen LogP contribution in [0.1, 0.15) is 22.7 Å². The van der Waals surface area contributed by atoms with Gasteiger partial charge in [-0.25, -0.2) is 0 Å². The third-order valence-electron chi connectivity index (χ3n) is 5.87. The molecule has 186 valence electrons. The first-order chi connectivity index (χ1) is 17.3. The number of ketones is 1. The van der Waals surface area contributed by atoms with Gasteiger partial charge in [0.15, 0.2) is 11.5 Å². The first-order valence-corrected chi connectivity index (χ1v) is 11.5. The zero-order valence-corrected chi connectivity index (χ0v) is 21.1. The summed E-state index contributed by atoms with van der Waals surface area (Å²) in [6, 6.07) is 10.8. The highest BCUT2D eigenvalue weighted by molar-refractivity contribution is 6.47. The van der Waals surface area contributed by atoms with E-state index in [4.69, 9.17) is 37.4 Å². The van der Waals surface area contributed by atoms with Crippen molar-refractivity contribution in [1.29, 1.82) is 0 Å². The number of hydrogen-bond acceptors (Lipinski definition) is 7. The summed E-state index contributed by atoms with van der Waals surface area (Å²) in [5.41, 5.74) is 1.28. The van der Waals surface area contributed by atoms with Crippen molar-refractivity contribution in [2.45, 2.75) is 12.6 Å². The summed E-state index contributed by atoms with van der Waals surface area (Å²) in [5, 5.41) is 11.6. The molecule has 4 rings (SSSR count). The number of likely N-dealkylation sites (tertiary alicyclic amines) is 1. The van der Waals surface area contributed by atoms with Crippen molar-refractivity contribution in [1.82, 2.24) is 9.88 Å². The number of halogens is 2. The average Bonchev–Trinajstić information content (AvgIpc) is 3.13. The van der Waals surface area contributed by atoms with Gasteiger partial charge in [-0.15, -0.1) is 0 Å². The average molecular weight is 529 g/mol. The molecule has 0 radical (unpaired) electrons. The predicted octanol–water partition coefficient (Wildman–Crippen LogP) is 5.04. The minimum absolute atomic E-state index is 0.0149. The fourth-order valence-corrected chi connectivity index (χ4v) is 4.84. The number of carbonyl (C=O) groups excluding carboxylic acids is 2. The largest absolute Gasteiger partial charge is 0.507 e. The monoisotopic (exact) mass is 528 g/mol. The molecule has 3 aromatic rings. The van der Waals surface area contributed by atoms with Crippen molar-refractivity contribution in [3.8, 4) is 17.2 Å². The van der Waals surface area contributed by atoms with Crippen LogP contribution in [0.15, 0.2) is 60.4 Å². The van der Waals surface area contributed by atoms with E-state index in [0.29, 0.717) is 11.3 Å². The number of Topliss-reactive ketones (excluding diaryl/α,β-unsaturated/α-hetero) is 1. The summed E-state index contributed by atoms with van der Waals surface area (Å²) in [4.78, 5) is 32.0. The number of methoxy groups -OCH3 is 3. The Balaban J connectivity index is 1.94. The molecule has 1 unspecified atom stereocenters. The van der Waals surface area contributed by atoms with Crippen LogP contribution in [0.5, 0.6) is 17.2 Å². The van der Waals surface area contributed by atoms with Gasteiger partial charge in [-0.1, -0.05) is 35.3 Å². The van der Waals surface area contributed by atoms with Gasteiger partial charge in [-0.05, 0) is 41.5 Å². The Bertz CT molecular complexity index is 1340. The summed E-state index contributed by atoms with van der Waals surface area (Å²) in [6.45, 7) is 0.113. The number of rotatable bonds is 7. The number of aliphatic hydroxyl groups is 1. The minimum Gasteiger partial charge on any atom is -0.507 e. The summed E-state index contributed by atoms with van der Waals surface area (Å²) >= 11 is 12.7.